The number of ether oxygens (including phenoxy) is 2. The first kappa shape index (κ1) is 23.0. The minimum absolute atomic E-state index is 0.103. The molecule has 1 amide bonds. The number of rotatable bonds is 9. The third-order valence-electron chi connectivity index (χ3n) is 4.78. The fraction of sp³-hybridized carbons (Fsp3) is 0.200. The number of esters is 1. The van der Waals surface area contributed by atoms with Gasteiger partial charge in [0.2, 0.25) is 5.91 Å². The smallest absolute Gasteiger partial charge is 0.325 e. The van der Waals surface area contributed by atoms with Crippen molar-refractivity contribution in [2.45, 2.75) is 13.5 Å². The molecule has 0 radical (unpaired) electrons. The number of amides is 1. The van der Waals surface area contributed by atoms with Crippen LogP contribution in [0.5, 0.6) is 11.5 Å². The summed E-state index contributed by atoms with van der Waals surface area (Å²) in [4.78, 5) is 24.8. The van der Waals surface area contributed by atoms with E-state index in [-0.39, 0.29) is 18.3 Å². The van der Waals surface area contributed by atoms with Gasteiger partial charge in [0, 0.05) is 13.5 Å². The first-order chi connectivity index (χ1) is 15.4. The zero-order valence-electron chi connectivity index (χ0n) is 17.8. The first-order valence-electron chi connectivity index (χ1n) is 10.2. The summed E-state index contributed by atoms with van der Waals surface area (Å²) < 4.78 is 24.2. The van der Waals surface area contributed by atoms with E-state index in [1.807, 2.05) is 36.4 Å². The van der Waals surface area contributed by atoms with Gasteiger partial charge in [-0.1, -0.05) is 36.4 Å². The quantitative estimate of drug-likeness (QED) is 0.408. The third-order valence-corrected chi connectivity index (χ3v) is 4.78. The van der Waals surface area contributed by atoms with Gasteiger partial charge in [-0.25, -0.2) is 4.39 Å². The molecule has 0 saturated heterocycles. The number of hydrogen-bond donors (Lipinski definition) is 1. The zero-order chi connectivity index (χ0) is 22.9. The normalized spacial score (nSPS) is 10.5. The number of carbonyl (C=O) groups is 2. The lowest BCUT2D eigenvalue weighted by Crippen LogP contribution is -2.32. The Morgan fingerprint density at radius 2 is 1.56 bits per heavy atom. The number of halogens is 1. The van der Waals surface area contributed by atoms with Gasteiger partial charge in [-0.05, 0) is 53.1 Å². The summed E-state index contributed by atoms with van der Waals surface area (Å²) in [6.45, 7) is 2.34. The molecule has 2 N–H and O–H groups in total. The first-order valence-corrected chi connectivity index (χ1v) is 10.2. The second-order valence-electron chi connectivity index (χ2n) is 7.15. The molecule has 3 aromatic carbocycles. The minimum atomic E-state index is -0.487. The Morgan fingerprint density at radius 3 is 2.12 bits per heavy atom. The molecular formula is C25H25FN2O4. The van der Waals surface area contributed by atoms with E-state index in [0.717, 1.165) is 16.7 Å². The maximum Gasteiger partial charge on any atom is 0.325 e. The predicted octanol–water partition coefficient (Wildman–Crippen LogP) is 3.78. The predicted molar refractivity (Wildman–Crippen MR) is 120 cm³/mol. The summed E-state index contributed by atoms with van der Waals surface area (Å²) in [5.74, 6) is 0.204. The molecule has 0 aliphatic rings. The SMILES string of the molecule is CC(=O)N(CCOc1ccc(-c2ccc(OC(=O)CN)cc2)cc1)Cc1cccc(F)c1. The summed E-state index contributed by atoms with van der Waals surface area (Å²) in [6.07, 6.45) is 0. The molecule has 0 unspecified atom stereocenters. The molecule has 0 aliphatic heterocycles. The number of hydrogen-bond acceptors (Lipinski definition) is 5. The molecule has 166 valence electrons. The van der Waals surface area contributed by atoms with E-state index >= 15 is 0 Å². The lowest BCUT2D eigenvalue weighted by atomic mass is 10.1. The number of carbonyl (C=O) groups excluding carboxylic acids is 2. The second kappa shape index (κ2) is 11.1. The van der Waals surface area contributed by atoms with Crippen molar-refractivity contribution >= 4 is 11.9 Å². The highest BCUT2D eigenvalue weighted by Crippen LogP contribution is 2.24. The van der Waals surface area contributed by atoms with Gasteiger partial charge in [0.1, 0.15) is 23.9 Å². The van der Waals surface area contributed by atoms with Gasteiger partial charge < -0.3 is 20.1 Å². The summed E-state index contributed by atoms with van der Waals surface area (Å²) in [7, 11) is 0. The molecule has 6 nitrogen and oxygen atoms in total. The Kier molecular flexibility index (Phi) is 7.94. The highest BCUT2D eigenvalue weighted by molar-refractivity contribution is 5.74. The van der Waals surface area contributed by atoms with Gasteiger partial charge >= 0.3 is 5.97 Å². The Morgan fingerprint density at radius 1 is 0.938 bits per heavy atom. The molecule has 0 atom stereocenters. The van der Waals surface area contributed by atoms with E-state index in [1.54, 1.807) is 29.2 Å². The van der Waals surface area contributed by atoms with Crippen molar-refractivity contribution in [1.82, 2.24) is 4.90 Å². The van der Waals surface area contributed by atoms with Crippen LogP contribution in [0.1, 0.15) is 12.5 Å². The van der Waals surface area contributed by atoms with Crippen molar-refractivity contribution in [3.8, 4) is 22.6 Å². The van der Waals surface area contributed by atoms with E-state index in [9.17, 15) is 14.0 Å². The zero-order valence-corrected chi connectivity index (χ0v) is 17.8. The van der Waals surface area contributed by atoms with Crippen LogP contribution in [-0.2, 0) is 16.1 Å². The lowest BCUT2D eigenvalue weighted by molar-refractivity contribution is -0.133. The molecule has 0 aromatic heterocycles. The monoisotopic (exact) mass is 436 g/mol. The third kappa shape index (κ3) is 6.65. The average Bonchev–Trinajstić information content (AvgIpc) is 2.79. The van der Waals surface area contributed by atoms with Crippen LogP contribution >= 0.6 is 0 Å². The van der Waals surface area contributed by atoms with E-state index in [0.29, 0.717) is 31.2 Å². The molecule has 0 saturated carbocycles. The Labute approximate surface area is 186 Å². The van der Waals surface area contributed by atoms with Crippen molar-refractivity contribution in [3.05, 3.63) is 84.2 Å². The minimum Gasteiger partial charge on any atom is -0.492 e. The van der Waals surface area contributed by atoms with Gasteiger partial charge in [0.05, 0.1) is 13.1 Å². The highest BCUT2D eigenvalue weighted by atomic mass is 19.1. The Balaban J connectivity index is 1.53. The maximum atomic E-state index is 13.4. The van der Waals surface area contributed by atoms with Crippen LogP contribution in [0.15, 0.2) is 72.8 Å². The van der Waals surface area contributed by atoms with Crippen LogP contribution in [0, 0.1) is 5.82 Å². The van der Waals surface area contributed by atoms with Crippen LogP contribution in [-0.4, -0.2) is 36.5 Å². The van der Waals surface area contributed by atoms with Crippen molar-refractivity contribution in [3.63, 3.8) is 0 Å². The van der Waals surface area contributed by atoms with Crippen LogP contribution in [0.25, 0.3) is 11.1 Å². The average molecular weight is 436 g/mol. The molecule has 3 aromatic rings. The van der Waals surface area contributed by atoms with E-state index in [4.69, 9.17) is 15.2 Å². The molecule has 0 aliphatic carbocycles. The number of nitrogens with zero attached hydrogens (tertiary/aromatic N) is 1. The fourth-order valence-corrected chi connectivity index (χ4v) is 3.11. The molecule has 32 heavy (non-hydrogen) atoms. The molecule has 0 spiro atoms. The van der Waals surface area contributed by atoms with Gasteiger partial charge in [-0.2, -0.15) is 0 Å². The van der Waals surface area contributed by atoms with Crippen molar-refractivity contribution in [2.75, 3.05) is 19.7 Å². The van der Waals surface area contributed by atoms with Crippen LogP contribution in [0.2, 0.25) is 0 Å². The van der Waals surface area contributed by atoms with Gasteiger partial charge in [0.25, 0.3) is 0 Å². The van der Waals surface area contributed by atoms with Crippen LogP contribution in [0.3, 0.4) is 0 Å². The van der Waals surface area contributed by atoms with Crippen molar-refractivity contribution < 1.29 is 23.5 Å². The van der Waals surface area contributed by atoms with E-state index < -0.39 is 5.97 Å². The molecule has 0 heterocycles. The number of nitrogens with two attached hydrogens (primary N) is 1. The van der Waals surface area contributed by atoms with Gasteiger partial charge in [-0.15, -0.1) is 0 Å². The highest BCUT2D eigenvalue weighted by Gasteiger charge is 2.10. The Hall–Kier alpha value is -3.71. The Bertz CT molecular complexity index is 1050. The summed E-state index contributed by atoms with van der Waals surface area (Å²) >= 11 is 0. The largest absolute Gasteiger partial charge is 0.492 e. The maximum absolute atomic E-state index is 13.4. The topological polar surface area (TPSA) is 81.9 Å². The standard InChI is InChI=1S/C25H25FN2O4/c1-18(29)28(17-19-3-2-4-22(26)15-19)13-14-31-23-9-5-20(6-10-23)21-7-11-24(12-8-21)32-25(30)16-27/h2-12,15H,13-14,16-17,27H2,1H3. The summed E-state index contributed by atoms with van der Waals surface area (Å²) in [6, 6.07) is 20.9. The lowest BCUT2D eigenvalue weighted by Gasteiger charge is -2.21. The molecule has 0 fully saturated rings. The van der Waals surface area contributed by atoms with Crippen molar-refractivity contribution in [2.24, 2.45) is 5.73 Å². The molecule has 7 heteroatoms. The van der Waals surface area contributed by atoms with Crippen LogP contribution in [0.4, 0.5) is 4.39 Å². The number of benzene rings is 3. The van der Waals surface area contributed by atoms with Gasteiger partial charge in [-0.3, -0.25) is 9.59 Å². The van der Waals surface area contributed by atoms with Gasteiger partial charge in [0.15, 0.2) is 0 Å². The van der Waals surface area contributed by atoms with E-state index in [2.05, 4.69) is 0 Å². The van der Waals surface area contributed by atoms with E-state index in [1.165, 1.54) is 19.1 Å². The molecular weight excluding hydrogens is 411 g/mol. The second-order valence-corrected chi connectivity index (χ2v) is 7.15. The molecule has 3 rings (SSSR count). The molecule has 0 bridgehead atoms. The van der Waals surface area contributed by atoms with Crippen molar-refractivity contribution in [1.29, 1.82) is 0 Å². The fourth-order valence-electron chi connectivity index (χ4n) is 3.11. The summed E-state index contributed by atoms with van der Waals surface area (Å²) in [5, 5.41) is 0. The van der Waals surface area contributed by atoms with Crippen LogP contribution < -0.4 is 15.2 Å². The summed E-state index contributed by atoms with van der Waals surface area (Å²) in [5.41, 5.74) is 7.91.